The molecule has 1 aromatic heterocycles. The highest BCUT2D eigenvalue weighted by molar-refractivity contribution is 7.15. The minimum atomic E-state index is -0.455. The van der Waals surface area contributed by atoms with Gasteiger partial charge in [-0.1, -0.05) is 31.6 Å². The average Bonchev–Trinajstić information content (AvgIpc) is 2.66. The minimum Gasteiger partial charge on any atom is -0.320 e. The molecular weight excluding hydrogens is 224 g/mol. The molecule has 6 heteroatoms. The molecule has 0 bridgehead atoms. The molecule has 0 saturated heterocycles. The Kier molecular flexibility index (Phi) is 5.34. The summed E-state index contributed by atoms with van der Waals surface area (Å²) in [5.74, 6) is -0.180. The second kappa shape index (κ2) is 6.55. The lowest BCUT2D eigenvalue weighted by Gasteiger charge is -2.08. The van der Waals surface area contributed by atoms with Gasteiger partial charge in [-0.05, 0) is 12.8 Å². The van der Waals surface area contributed by atoms with Gasteiger partial charge >= 0.3 is 0 Å². The molecule has 0 aromatic carbocycles. The Morgan fingerprint density at radius 3 is 2.81 bits per heavy atom. The summed E-state index contributed by atoms with van der Waals surface area (Å²) >= 11 is 1.41. The van der Waals surface area contributed by atoms with Gasteiger partial charge in [-0.25, -0.2) is 0 Å². The van der Waals surface area contributed by atoms with E-state index in [4.69, 9.17) is 5.73 Å². The van der Waals surface area contributed by atoms with Crippen molar-refractivity contribution in [2.45, 2.75) is 45.6 Å². The van der Waals surface area contributed by atoms with Crippen molar-refractivity contribution in [2.24, 2.45) is 5.73 Å². The monoisotopic (exact) mass is 242 g/mol. The van der Waals surface area contributed by atoms with Crippen LogP contribution in [0.2, 0.25) is 0 Å². The number of hydrogen-bond acceptors (Lipinski definition) is 5. The van der Waals surface area contributed by atoms with Crippen LogP contribution in [0.4, 0.5) is 5.13 Å². The SMILES string of the molecule is CCCc1nnc(NC(=O)C(N)CCC)s1. The molecule has 1 amide bonds. The van der Waals surface area contributed by atoms with E-state index in [-0.39, 0.29) is 5.91 Å². The van der Waals surface area contributed by atoms with E-state index in [1.54, 1.807) is 0 Å². The fourth-order valence-corrected chi connectivity index (χ4v) is 2.10. The van der Waals surface area contributed by atoms with E-state index in [0.29, 0.717) is 11.6 Å². The quantitative estimate of drug-likeness (QED) is 0.793. The number of amides is 1. The lowest BCUT2D eigenvalue weighted by atomic mass is 10.2. The van der Waals surface area contributed by atoms with Gasteiger partial charge in [0.25, 0.3) is 0 Å². The third-order valence-corrected chi connectivity index (χ3v) is 3.00. The van der Waals surface area contributed by atoms with Crippen molar-refractivity contribution in [2.75, 3.05) is 5.32 Å². The summed E-state index contributed by atoms with van der Waals surface area (Å²) in [5.41, 5.74) is 5.69. The highest BCUT2D eigenvalue weighted by Gasteiger charge is 2.14. The molecule has 1 heterocycles. The van der Waals surface area contributed by atoms with E-state index in [0.717, 1.165) is 24.3 Å². The number of carbonyl (C=O) groups is 1. The highest BCUT2D eigenvalue weighted by atomic mass is 32.1. The fraction of sp³-hybridized carbons (Fsp3) is 0.700. The summed E-state index contributed by atoms with van der Waals surface area (Å²) < 4.78 is 0. The van der Waals surface area contributed by atoms with Crippen molar-refractivity contribution in [3.63, 3.8) is 0 Å². The van der Waals surface area contributed by atoms with Crippen LogP contribution >= 0.6 is 11.3 Å². The maximum absolute atomic E-state index is 11.6. The fourth-order valence-electron chi connectivity index (χ4n) is 1.26. The van der Waals surface area contributed by atoms with E-state index in [9.17, 15) is 4.79 Å². The first kappa shape index (κ1) is 13.1. The number of anilines is 1. The van der Waals surface area contributed by atoms with E-state index in [2.05, 4.69) is 22.4 Å². The van der Waals surface area contributed by atoms with Gasteiger partial charge < -0.3 is 5.73 Å². The summed E-state index contributed by atoms with van der Waals surface area (Å²) in [6, 6.07) is -0.455. The standard InChI is InChI=1S/C10H18N4OS/c1-3-5-7(11)9(15)12-10-14-13-8(16-10)6-4-2/h7H,3-6,11H2,1-2H3,(H,12,14,15). The molecule has 1 atom stereocenters. The van der Waals surface area contributed by atoms with Crippen LogP contribution in [0.15, 0.2) is 0 Å². The van der Waals surface area contributed by atoms with E-state index in [1.165, 1.54) is 11.3 Å². The molecule has 0 radical (unpaired) electrons. The van der Waals surface area contributed by atoms with Gasteiger partial charge in [-0.2, -0.15) is 0 Å². The lowest BCUT2D eigenvalue weighted by Crippen LogP contribution is -2.35. The summed E-state index contributed by atoms with van der Waals surface area (Å²) in [5, 5.41) is 12.0. The first-order valence-electron chi connectivity index (χ1n) is 5.56. The molecule has 1 unspecified atom stereocenters. The number of aryl methyl sites for hydroxylation is 1. The molecule has 0 aliphatic heterocycles. The molecule has 0 saturated carbocycles. The molecule has 1 rings (SSSR count). The number of nitrogens with zero attached hydrogens (tertiary/aromatic N) is 2. The summed E-state index contributed by atoms with van der Waals surface area (Å²) in [7, 11) is 0. The zero-order valence-electron chi connectivity index (χ0n) is 9.69. The molecule has 0 aliphatic carbocycles. The number of nitrogens with two attached hydrogens (primary N) is 1. The maximum atomic E-state index is 11.6. The molecule has 1 aromatic rings. The van der Waals surface area contributed by atoms with Crippen LogP contribution in [0.5, 0.6) is 0 Å². The van der Waals surface area contributed by atoms with Crippen molar-refractivity contribution in [3.8, 4) is 0 Å². The van der Waals surface area contributed by atoms with Crippen LogP contribution in [0.1, 0.15) is 38.1 Å². The van der Waals surface area contributed by atoms with Crippen molar-refractivity contribution < 1.29 is 4.79 Å². The van der Waals surface area contributed by atoms with Crippen LogP contribution in [0.3, 0.4) is 0 Å². The first-order chi connectivity index (χ1) is 7.67. The Labute approximate surface area is 99.5 Å². The molecule has 5 nitrogen and oxygen atoms in total. The van der Waals surface area contributed by atoms with Crippen molar-refractivity contribution in [3.05, 3.63) is 5.01 Å². The topological polar surface area (TPSA) is 80.9 Å². The van der Waals surface area contributed by atoms with Gasteiger partial charge in [0.05, 0.1) is 6.04 Å². The number of hydrogen-bond donors (Lipinski definition) is 2. The molecular formula is C10H18N4OS. The zero-order chi connectivity index (χ0) is 12.0. The number of aromatic nitrogens is 2. The van der Waals surface area contributed by atoms with Crippen LogP contribution in [0.25, 0.3) is 0 Å². The molecule has 3 N–H and O–H groups in total. The molecule has 0 aliphatic rings. The Balaban J connectivity index is 2.49. The van der Waals surface area contributed by atoms with Gasteiger partial charge in [0.2, 0.25) is 11.0 Å². The summed E-state index contributed by atoms with van der Waals surface area (Å²) in [4.78, 5) is 11.6. The normalized spacial score (nSPS) is 12.4. The largest absolute Gasteiger partial charge is 0.320 e. The van der Waals surface area contributed by atoms with Crippen LogP contribution in [-0.2, 0) is 11.2 Å². The third kappa shape index (κ3) is 3.86. The Hall–Kier alpha value is -1.01. The van der Waals surface area contributed by atoms with Crippen LogP contribution in [0, 0.1) is 0 Å². The predicted octanol–water partition coefficient (Wildman–Crippen LogP) is 1.56. The Bertz CT molecular complexity index is 339. The van der Waals surface area contributed by atoms with Crippen molar-refractivity contribution in [1.82, 2.24) is 10.2 Å². The highest BCUT2D eigenvalue weighted by Crippen LogP contribution is 2.16. The van der Waals surface area contributed by atoms with Crippen LogP contribution < -0.4 is 11.1 Å². The molecule has 16 heavy (non-hydrogen) atoms. The van der Waals surface area contributed by atoms with Gasteiger partial charge in [0, 0.05) is 6.42 Å². The summed E-state index contributed by atoms with van der Waals surface area (Å²) in [6.07, 6.45) is 3.50. The smallest absolute Gasteiger partial charge is 0.243 e. The van der Waals surface area contributed by atoms with Gasteiger partial charge in [0.1, 0.15) is 5.01 Å². The summed E-state index contributed by atoms with van der Waals surface area (Å²) in [6.45, 7) is 4.08. The second-order valence-electron chi connectivity index (χ2n) is 3.64. The average molecular weight is 242 g/mol. The van der Waals surface area contributed by atoms with E-state index < -0.39 is 6.04 Å². The van der Waals surface area contributed by atoms with E-state index in [1.807, 2.05) is 6.92 Å². The lowest BCUT2D eigenvalue weighted by molar-refractivity contribution is -0.117. The minimum absolute atomic E-state index is 0.180. The van der Waals surface area contributed by atoms with Gasteiger partial charge in [-0.15, -0.1) is 10.2 Å². The number of rotatable bonds is 6. The van der Waals surface area contributed by atoms with Crippen molar-refractivity contribution in [1.29, 1.82) is 0 Å². The number of carbonyl (C=O) groups excluding carboxylic acids is 1. The molecule has 90 valence electrons. The van der Waals surface area contributed by atoms with Crippen LogP contribution in [-0.4, -0.2) is 22.1 Å². The molecule has 0 fully saturated rings. The predicted molar refractivity (Wildman–Crippen MR) is 65.4 cm³/mol. The van der Waals surface area contributed by atoms with E-state index >= 15 is 0 Å². The zero-order valence-corrected chi connectivity index (χ0v) is 10.5. The number of nitrogens with one attached hydrogen (secondary N) is 1. The first-order valence-corrected chi connectivity index (χ1v) is 6.37. The molecule has 0 spiro atoms. The third-order valence-electron chi connectivity index (χ3n) is 2.10. The maximum Gasteiger partial charge on any atom is 0.243 e. The Morgan fingerprint density at radius 1 is 1.44 bits per heavy atom. The van der Waals surface area contributed by atoms with Gasteiger partial charge in [0.15, 0.2) is 0 Å². The second-order valence-corrected chi connectivity index (χ2v) is 4.70. The Morgan fingerprint density at radius 2 is 2.19 bits per heavy atom. The van der Waals surface area contributed by atoms with Gasteiger partial charge in [-0.3, -0.25) is 10.1 Å². The van der Waals surface area contributed by atoms with Crippen molar-refractivity contribution >= 4 is 22.4 Å².